The second kappa shape index (κ2) is 4.69. The molecule has 1 amide bonds. The maximum Gasteiger partial charge on any atom is 0.471 e. The van der Waals surface area contributed by atoms with Crippen LogP contribution in [-0.4, -0.2) is 39.2 Å². The van der Waals surface area contributed by atoms with Crippen molar-refractivity contribution in [2.24, 2.45) is 0 Å². The molecule has 2 N–H and O–H groups in total. The maximum atomic E-state index is 12.5. The molecular formula is C12H10F3NO4. The Labute approximate surface area is 111 Å². The van der Waals surface area contributed by atoms with Crippen LogP contribution in [0.25, 0.3) is 0 Å². The van der Waals surface area contributed by atoms with E-state index in [0.29, 0.717) is 11.1 Å². The normalized spacial score (nSPS) is 18.6. The number of alkyl halides is 3. The molecule has 0 aliphatic carbocycles. The first-order chi connectivity index (χ1) is 9.20. The minimum atomic E-state index is -5.14. The van der Waals surface area contributed by atoms with Crippen LogP contribution in [0.1, 0.15) is 11.1 Å². The van der Waals surface area contributed by atoms with Gasteiger partial charge >= 0.3 is 18.1 Å². The minimum absolute atomic E-state index is 0.156. The number of hydrogen-bond acceptors (Lipinski definition) is 3. The SMILES string of the molecule is O=C(O)[C@H]1Cc2ccc(O)cc2CN1C(=O)C(F)(F)F. The van der Waals surface area contributed by atoms with E-state index in [-0.39, 0.29) is 17.1 Å². The third-order valence-corrected chi connectivity index (χ3v) is 3.11. The highest BCUT2D eigenvalue weighted by atomic mass is 19.4. The summed E-state index contributed by atoms with van der Waals surface area (Å²) in [6.45, 7) is -0.501. The molecule has 0 spiro atoms. The van der Waals surface area contributed by atoms with Crippen molar-refractivity contribution < 1.29 is 33.0 Å². The van der Waals surface area contributed by atoms with E-state index < -0.39 is 30.6 Å². The number of benzene rings is 1. The summed E-state index contributed by atoms with van der Waals surface area (Å²) in [5.74, 6) is -3.85. The number of phenols is 1. The first kappa shape index (κ1) is 14.2. The Hall–Kier alpha value is -2.25. The van der Waals surface area contributed by atoms with Gasteiger partial charge in [-0.1, -0.05) is 6.07 Å². The zero-order chi connectivity index (χ0) is 15.1. The number of fused-ring (bicyclic) bond motifs is 1. The standard InChI is InChI=1S/C12H10F3NO4/c13-12(14,15)11(20)16-5-7-3-8(17)2-1-6(7)4-9(16)10(18)19/h1-3,9,17H,4-5H2,(H,18,19)/t9-/m1/s1. The second-order valence-corrected chi connectivity index (χ2v) is 4.44. The van der Waals surface area contributed by atoms with Gasteiger partial charge in [0.2, 0.25) is 0 Å². The number of halogens is 3. The zero-order valence-corrected chi connectivity index (χ0v) is 10.0. The summed E-state index contributed by atoms with van der Waals surface area (Å²) in [4.78, 5) is 22.6. The highest BCUT2D eigenvalue weighted by Crippen LogP contribution is 2.30. The van der Waals surface area contributed by atoms with E-state index in [1.165, 1.54) is 18.2 Å². The molecule has 1 aromatic carbocycles. The summed E-state index contributed by atoms with van der Waals surface area (Å²) < 4.78 is 37.5. The van der Waals surface area contributed by atoms with Crippen molar-refractivity contribution in [1.82, 2.24) is 4.90 Å². The molecule has 1 atom stereocenters. The van der Waals surface area contributed by atoms with Gasteiger partial charge in [-0.15, -0.1) is 0 Å². The third-order valence-electron chi connectivity index (χ3n) is 3.11. The van der Waals surface area contributed by atoms with Crippen LogP contribution in [0.2, 0.25) is 0 Å². The lowest BCUT2D eigenvalue weighted by Crippen LogP contribution is -2.52. The number of phenolic OH excluding ortho intramolecular Hbond substituents is 1. The molecule has 8 heteroatoms. The average Bonchev–Trinajstić information content (AvgIpc) is 2.34. The van der Waals surface area contributed by atoms with Crippen LogP contribution >= 0.6 is 0 Å². The van der Waals surface area contributed by atoms with Gasteiger partial charge < -0.3 is 15.1 Å². The van der Waals surface area contributed by atoms with Crippen LogP contribution in [0.15, 0.2) is 18.2 Å². The predicted octanol–water partition coefficient (Wildman–Crippen LogP) is 1.29. The van der Waals surface area contributed by atoms with E-state index in [0.717, 1.165) is 0 Å². The Morgan fingerprint density at radius 2 is 1.90 bits per heavy atom. The van der Waals surface area contributed by atoms with Crippen LogP contribution in [0, 0.1) is 0 Å². The number of hydrogen-bond donors (Lipinski definition) is 2. The van der Waals surface area contributed by atoms with Crippen molar-refractivity contribution in [2.45, 2.75) is 25.2 Å². The van der Waals surface area contributed by atoms with E-state index in [1.54, 1.807) is 0 Å². The van der Waals surface area contributed by atoms with Gasteiger partial charge in [0.05, 0.1) is 0 Å². The molecule has 0 fully saturated rings. The van der Waals surface area contributed by atoms with E-state index in [1.807, 2.05) is 0 Å². The fourth-order valence-corrected chi connectivity index (χ4v) is 2.17. The number of amides is 1. The van der Waals surface area contributed by atoms with Crippen LogP contribution < -0.4 is 0 Å². The van der Waals surface area contributed by atoms with Gasteiger partial charge in [-0.3, -0.25) is 4.79 Å². The Morgan fingerprint density at radius 1 is 1.25 bits per heavy atom. The fourth-order valence-electron chi connectivity index (χ4n) is 2.17. The van der Waals surface area contributed by atoms with E-state index in [4.69, 9.17) is 5.11 Å². The van der Waals surface area contributed by atoms with Gasteiger partial charge in [0.1, 0.15) is 11.8 Å². The number of nitrogens with zero attached hydrogens (tertiary/aromatic N) is 1. The van der Waals surface area contributed by atoms with Gasteiger partial charge in [-0.25, -0.2) is 4.79 Å². The first-order valence-electron chi connectivity index (χ1n) is 5.61. The fraction of sp³-hybridized carbons (Fsp3) is 0.333. The lowest BCUT2D eigenvalue weighted by molar-refractivity contribution is -0.191. The van der Waals surface area contributed by atoms with Gasteiger partial charge in [0, 0.05) is 13.0 Å². The van der Waals surface area contributed by atoms with Gasteiger partial charge in [0.15, 0.2) is 0 Å². The van der Waals surface area contributed by atoms with Crippen molar-refractivity contribution in [1.29, 1.82) is 0 Å². The highest BCUT2D eigenvalue weighted by Gasteiger charge is 2.47. The Bertz CT molecular complexity index is 570. The highest BCUT2D eigenvalue weighted by molar-refractivity contribution is 5.87. The zero-order valence-electron chi connectivity index (χ0n) is 10.0. The Balaban J connectivity index is 2.40. The molecule has 108 valence electrons. The molecular weight excluding hydrogens is 279 g/mol. The summed E-state index contributed by atoms with van der Waals surface area (Å²) in [6, 6.07) is 2.42. The topological polar surface area (TPSA) is 77.8 Å². The minimum Gasteiger partial charge on any atom is -0.508 e. The molecule has 1 heterocycles. The lowest BCUT2D eigenvalue weighted by atomic mass is 9.93. The molecule has 1 aliphatic rings. The van der Waals surface area contributed by atoms with Gasteiger partial charge in [-0.05, 0) is 23.3 Å². The number of carboxylic acid groups (broad SMARTS) is 1. The van der Waals surface area contributed by atoms with Crippen LogP contribution in [-0.2, 0) is 22.6 Å². The molecule has 5 nitrogen and oxygen atoms in total. The lowest BCUT2D eigenvalue weighted by Gasteiger charge is -2.34. The second-order valence-electron chi connectivity index (χ2n) is 4.44. The molecule has 0 saturated heterocycles. The molecule has 0 aromatic heterocycles. The van der Waals surface area contributed by atoms with Crippen molar-refractivity contribution in [2.75, 3.05) is 0 Å². The smallest absolute Gasteiger partial charge is 0.471 e. The van der Waals surface area contributed by atoms with Crippen molar-refractivity contribution in [3.63, 3.8) is 0 Å². The van der Waals surface area contributed by atoms with Gasteiger partial charge in [-0.2, -0.15) is 13.2 Å². The van der Waals surface area contributed by atoms with Crippen LogP contribution in [0.4, 0.5) is 13.2 Å². The van der Waals surface area contributed by atoms with Crippen molar-refractivity contribution in [3.05, 3.63) is 29.3 Å². The molecule has 1 aliphatic heterocycles. The summed E-state index contributed by atoms with van der Waals surface area (Å²) in [5, 5.41) is 18.3. The summed E-state index contributed by atoms with van der Waals surface area (Å²) >= 11 is 0. The monoisotopic (exact) mass is 289 g/mol. The quantitative estimate of drug-likeness (QED) is 0.816. The van der Waals surface area contributed by atoms with E-state index >= 15 is 0 Å². The number of carbonyl (C=O) groups is 2. The van der Waals surface area contributed by atoms with Crippen molar-refractivity contribution >= 4 is 11.9 Å². The summed E-state index contributed by atoms with van der Waals surface area (Å²) in [5.41, 5.74) is 0.807. The largest absolute Gasteiger partial charge is 0.508 e. The molecule has 0 radical (unpaired) electrons. The number of rotatable bonds is 1. The number of aromatic hydroxyl groups is 1. The molecule has 1 aromatic rings. The number of carbonyl (C=O) groups excluding carboxylic acids is 1. The predicted molar refractivity (Wildman–Crippen MR) is 59.8 cm³/mol. The average molecular weight is 289 g/mol. The molecule has 20 heavy (non-hydrogen) atoms. The van der Waals surface area contributed by atoms with Crippen LogP contribution in [0.5, 0.6) is 5.75 Å². The molecule has 2 rings (SSSR count). The third kappa shape index (κ3) is 2.54. The molecule has 0 bridgehead atoms. The van der Waals surface area contributed by atoms with Crippen LogP contribution in [0.3, 0.4) is 0 Å². The first-order valence-corrected chi connectivity index (χ1v) is 5.61. The van der Waals surface area contributed by atoms with Crippen molar-refractivity contribution in [3.8, 4) is 5.75 Å². The summed E-state index contributed by atoms with van der Waals surface area (Å²) in [6.07, 6.45) is -5.37. The maximum absolute atomic E-state index is 12.5. The molecule has 0 saturated carbocycles. The van der Waals surface area contributed by atoms with Gasteiger partial charge in [0.25, 0.3) is 0 Å². The Kier molecular flexibility index (Phi) is 3.33. The number of carboxylic acids is 1. The van der Waals surface area contributed by atoms with E-state index in [9.17, 15) is 27.9 Å². The number of aliphatic carboxylic acids is 1. The van der Waals surface area contributed by atoms with E-state index in [2.05, 4.69) is 0 Å². The molecule has 0 unspecified atom stereocenters. The summed E-state index contributed by atoms with van der Waals surface area (Å²) in [7, 11) is 0. The Morgan fingerprint density at radius 3 is 2.45 bits per heavy atom.